The van der Waals surface area contributed by atoms with E-state index in [-0.39, 0.29) is 36.3 Å². The summed E-state index contributed by atoms with van der Waals surface area (Å²) in [5.74, 6) is 0.328. The van der Waals surface area contributed by atoms with Crippen molar-refractivity contribution in [3.8, 4) is 0 Å². The average Bonchev–Trinajstić information content (AvgIpc) is 3.36. The van der Waals surface area contributed by atoms with Crippen LogP contribution in [0.1, 0.15) is 95.9 Å². The fourth-order valence-electron chi connectivity index (χ4n) is 5.43. The van der Waals surface area contributed by atoms with Gasteiger partial charge in [0.05, 0.1) is 24.4 Å². The average molecular weight is 505 g/mol. The van der Waals surface area contributed by atoms with Crippen LogP contribution >= 0.6 is 0 Å². The zero-order chi connectivity index (χ0) is 26.7. The van der Waals surface area contributed by atoms with E-state index < -0.39 is 12.6 Å². The van der Waals surface area contributed by atoms with Gasteiger partial charge in [-0.15, -0.1) is 0 Å². The molecule has 37 heavy (non-hydrogen) atoms. The van der Waals surface area contributed by atoms with Crippen LogP contribution in [0.15, 0.2) is 59.7 Å². The van der Waals surface area contributed by atoms with E-state index in [0.29, 0.717) is 0 Å². The molecule has 2 aliphatic carbocycles. The lowest BCUT2D eigenvalue weighted by atomic mass is 9.81. The normalized spacial score (nSPS) is 19.0. The minimum absolute atomic E-state index is 0.0555. The zero-order valence-corrected chi connectivity index (χ0v) is 23.7. The summed E-state index contributed by atoms with van der Waals surface area (Å²) < 4.78 is 25.5. The van der Waals surface area contributed by atoms with Crippen molar-refractivity contribution in [3.63, 3.8) is 0 Å². The third kappa shape index (κ3) is 6.61. The predicted octanol–water partition coefficient (Wildman–Crippen LogP) is 8.09. The summed E-state index contributed by atoms with van der Waals surface area (Å²) in [6, 6.07) is 17.4. The second-order valence-corrected chi connectivity index (χ2v) is 11.3. The van der Waals surface area contributed by atoms with Gasteiger partial charge >= 0.3 is 0 Å². The van der Waals surface area contributed by atoms with Crippen LogP contribution < -0.4 is 0 Å². The van der Waals surface area contributed by atoms with Crippen molar-refractivity contribution >= 4 is 12.2 Å². The maximum Gasteiger partial charge on any atom is 0.181 e. The Labute approximate surface area is 223 Å². The molecule has 2 aliphatic rings. The maximum atomic E-state index is 6.37. The third-order valence-electron chi connectivity index (χ3n) is 6.79. The van der Waals surface area contributed by atoms with Crippen LogP contribution in [-0.2, 0) is 18.9 Å². The second kappa shape index (κ2) is 12.1. The topological polar surface area (TPSA) is 36.9 Å². The van der Waals surface area contributed by atoms with Crippen LogP contribution in [0.5, 0.6) is 0 Å². The first-order chi connectivity index (χ1) is 17.6. The summed E-state index contributed by atoms with van der Waals surface area (Å²) in [4.78, 5) is 0. The summed E-state index contributed by atoms with van der Waals surface area (Å²) in [5.41, 5.74) is 7.54. The number of fused-ring (bicyclic) bond motifs is 2. The van der Waals surface area contributed by atoms with Crippen LogP contribution in [0, 0.1) is 0 Å². The van der Waals surface area contributed by atoms with E-state index in [9.17, 15) is 0 Å². The lowest BCUT2D eigenvalue weighted by Gasteiger charge is -2.32. The molecule has 0 fully saturated rings. The van der Waals surface area contributed by atoms with Crippen molar-refractivity contribution in [3.05, 3.63) is 81.9 Å². The summed E-state index contributed by atoms with van der Waals surface area (Å²) in [6.07, 6.45) is 4.90. The van der Waals surface area contributed by atoms with Crippen molar-refractivity contribution in [1.82, 2.24) is 0 Å². The van der Waals surface area contributed by atoms with Gasteiger partial charge in [-0.1, -0.05) is 48.5 Å². The van der Waals surface area contributed by atoms with E-state index in [1.165, 1.54) is 33.4 Å². The minimum Gasteiger partial charge on any atom is -0.346 e. The smallest absolute Gasteiger partial charge is 0.181 e. The SMILES string of the molecule is CC(C)OC(OC(C)C)C1=Cc2ccccc2C1CC1C(C(OC(C)C)OC(C)C)=Cc2ccccc21. The number of hydrogen-bond acceptors (Lipinski definition) is 4. The van der Waals surface area contributed by atoms with E-state index in [2.05, 4.69) is 116 Å². The van der Waals surface area contributed by atoms with E-state index in [1.54, 1.807) is 0 Å². The third-order valence-corrected chi connectivity index (χ3v) is 6.79. The zero-order valence-electron chi connectivity index (χ0n) is 23.7. The van der Waals surface area contributed by atoms with Gasteiger partial charge in [-0.25, -0.2) is 0 Å². The van der Waals surface area contributed by atoms with Crippen LogP contribution in [0.25, 0.3) is 12.2 Å². The molecule has 0 heterocycles. The molecule has 0 bridgehead atoms. The number of rotatable bonds is 12. The van der Waals surface area contributed by atoms with Gasteiger partial charge in [0.1, 0.15) is 0 Å². The molecule has 0 aromatic heterocycles. The fraction of sp³-hybridized carbons (Fsp3) is 0.515. The molecule has 0 N–H and O–H groups in total. The Hall–Kier alpha value is -2.24. The van der Waals surface area contributed by atoms with Gasteiger partial charge in [0, 0.05) is 11.8 Å². The Bertz CT molecular complexity index is 1000. The molecule has 2 unspecified atom stereocenters. The molecule has 0 aliphatic heterocycles. The highest BCUT2D eigenvalue weighted by Crippen LogP contribution is 2.50. The molecule has 200 valence electrons. The highest BCUT2D eigenvalue weighted by molar-refractivity contribution is 5.70. The molecular formula is C33H44O4. The van der Waals surface area contributed by atoms with Crippen LogP contribution in [0.2, 0.25) is 0 Å². The monoisotopic (exact) mass is 504 g/mol. The molecular weight excluding hydrogens is 460 g/mol. The lowest BCUT2D eigenvalue weighted by Crippen LogP contribution is -2.30. The molecule has 2 atom stereocenters. The Morgan fingerprint density at radius 2 is 0.838 bits per heavy atom. The minimum atomic E-state index is -0.392. The van der Waals surface area contributed by atoms with Gasteiger partial charge in [0.15, 0.2) is 12.6 Å². The summed E-state index contributed by atoms with van der Waals surface area (Å²) in [5, 5.41) is 0. The molecule has 0 amide bonds. The van der Waals surface area contributed by atoms with E-state index in [0.717, 1.165) is 6.42 Å². The Balaban J connectivity index is 1.74. The van der Waals surface area contributed by atoms with E-state index in [1.807, 2.05) is 0 Å². The molecule has 4 nitrogen and oxygen atoms in total. The maximum absolute atomic E-state index is 6.37. The number of ether oxygens (including phenoxy) is 4. The van der Waals surface area contributed by atoms with Gasteiger partial charge in [-0.05, 0) is 107 Å². The van der Waals surface area contributed by atoms with Gasteiger partial charge in [0.25, 0.3) is 0 Å². The second-order valence-electron chi connectivity index (χ2n) is 11.3. The van der Waals surface area contributed by atoms with Crippen molar-refractivity contribution in [1.29, 1.82) is 0 Å². The highest BCUT2D eigenvalue weighted by atomic mass is 16.7. The molecule has 2 aromatic rings. The first kappa shape index (κ1) is 27.8. The van der Waals surface area contributed by atoms with Gasteiger partial charge in [-0.3, -0.25) is 0 Å². The first-order valence-electron chi connectivity index (χ1n) is 13.9. The lowest BCUT2D eigenvalue weighted by molar-refractivity contribution is -0.161. The quantitative estimate of drug-likeness (QED) is 0.274. The molecule has 0 saturated carbocycles. The van der Waals surface area contributed by atoms with Crippen molar-refractivity contribution < 1.29 is 18.9 Å². The summed E-state index contributed by atoms with van der Waals surface area (Å²) in [6.45, 7) is 16.6. The standard InChI is InChI=1S/C33H44O4/c1-20(2)34-32(35-21(3)4)30-17-24-13-9-11-15-26(24)28(30)19-29-27-16-12-10-14-25(27)18-31(29)33(36-22(5)6)37-23(7)8/h9-18,20-23,28-29,32-33H,19H2,1-8H3. The molecule has 0 saturated heterocycles. The molecule has 0 spiro atoms. The molecule has 4 heteroatoms. The Morgan fingerprint density at radius 3 is 1.16 bits per heavy atom. The van der Waals surface area contributed by atoms with Crippen LogP contribution in [0.4, 0.5) is 0 Å². The van der Waals surface area contributed by atoms with E-state index >= 15 is 0 Å². The van der Waals surface area contributed by atoms with Crippen LogP contribution in [0.3, 0.4) is 0 Å². The van der Waals surface area contributed by atoms with Crippen molar-refractivity contribution in [2.75, 3.05) is 0 Å². The number of hydrogen-bond donors (Lipinski definition) is 0. The highest BCUT2D eigenvalue weighted by Gasteiger charge is 2.39. The van der Waals surface area contributed by atoms with Crippen molar-refractivity contribution in [2.45, 2.75) is 111 Å². The Kier molecular flexibility index (Phi) is 9.07. The predicted molar refractivity (Wildman–Crippen MR) is 151 cm³/mol. The largest absolute Gasteiger partial charge is 0.346 e. The van der Waals surface area contributed by atoms with Crippen molar-refractivity contribution in [2.24, 2.45) is 0 Å². The molecule has 2 aromatic carbocycles. The van der Waals surface area contributed by atoms with Crippen LogP contribution in [-0.4, -0.2) is 37.0 Å². The van der Waals surface area contributed by atoms with Gasteiger partial charge in [-0.2, -0.15) is 0 Å². The number of benzene rings is 2. The van der Waals surface area contributed by atoms with Gasteiger partial charge in [0.2, 0.25) is 0 Å². The first-order valence-corrected chi connectivity index (χ1v) is 13.9. The molecule has 4 rings (SSSR count). The molecule has 0 radical (unpaired) electrons. The van der Waals surface area contributed by atoms with Gasteiger partial charge < -0.3 is 18.9 Å². The fourth-order valence-corrected chi connectivity index (χ4v) is 5.43. The summed E-state index contributed by atoms with van der Waals surface area (Å²) in [7, 11) is 0. The summed E-state index contributed by atoms with van der Waals surface area (Å²) >= 11 is 0. The van der Waals surface area contributed by atoms with E-state index in [4.69, 9.17) is 18.9 Å². The Morgan fingerprint density at radius 1 is 0.514 bits per heavy atom.